The van der Waals surface area contributed by atoms with E-state index in [0.29, 0.717) is 5.71 Å². The van der Waals surface area contributed by atoms with Gasteiger partial charge in [0.1, 0.15) is 5.76 Å². The number of pyridine rings is 1. The number of furan rings is 1. The van der Waals surface area contributed by atoms with Gasteiger partial charge in [-0.15, -0.1) is 0 Å². The number of hydrogen-bond acceptors (Lipinski definition) is 6. The number of hydrogen-bond donors (Lipinski definition) is 1. The van der Waals surface area contributed by atoms with Crippen LogP contribution in [0.25, 0.3) is 55.0 Å². The minimum absolute atomic E-state index is 0. The molecule has 6 rings (SSSR count). The summed E-state index contributed by atoms with van der Waals surface area (Å²) < 4.78 is 7.75. The Bertz CT molecular complexity index is 2240. The Morgan fingerprint density at radius 1 is 0.843 bits per heavy atom. The molecule has 0 saturated carbocycles. The third-order valence-corrected chi connectivity index (χ3v) is 15.2. The quantitative estimate of drug-likeness (QED) is 0.0511. The summed E-state index contributed by atoms with van der Waals surface area (Å²) in [5.74, 6) is 8.33. The van der Waals surface area contributed by atoms with Gasteiger partial charge in [-0.25, -0.2) is 0 Å². The van der Waals surface area contributed by atoms with Gasteiger partial charge >= 0.3 is 195 Å². The van der Waals surface area contributed by atoms with Crippen molar-refractivity contribution in [2.24, 2.45) is 10.8 Å². The van der Waals surface area contributed by atoms with Crippen LogP contribution in [-0.2, 0) is 24.9 Å². The van der Waals surface area contributed by atoms with E-state index in [1.165, 1.54) is 21.2 Å². The van der Waals surface area contributed by atoms with Crippen molar-refractivity contribution in [3.8, 4) is 11.3 Å². The van der Waals surface area contributed by atoms with Crippen LogP contribution in [-0.4, -0.2) is 39.1 Å². The Hall–Kier alpha value is -3.39. The molecule has 51 heavy (non-hydrogen) atoms. The first-order valence-corrected chi connectivity index (χ1v) is 25.3. The summed E-state index contributed by atoms with van der Waals surface area (Å²) in [6, 6.07) is 22.5. The van der Waals surface area contributed by atoms with Crippen molar-refractivity contribution in [1.82, 2.24) is 15.0 Å². The van der Waals surface area contributed by atoms with E-state index < -0.39 is 13.3 Å². The monoisotopic (exact) mass is 925 g/mol. The normalized spacial score (nSPS) is 12.6. The number of nitrogens with zero attached hydrogens (tertiary/aromatic N) is 3. The van der Waals surface area contributed by atoms with Crippen molar-refractivity contribution in [2.45, 2.75) is 98.3 Å². The number of carbonyl (C=O) groups is 1. The molecular formula is C43H52GeIrN3O3-. The number of aromatic nitrogens is 3. The van der Waals surface area contributed by atoms with Crippen molar-refractivity contribution >= 4 is 67.2 Å². The maximum absolute atomic E-state index is 12.2. The molecule has 3 aromatic carbocycles. The molecule has 0 bridgehead atoms. The van der Waals surface area contributed by atoms with Crippen LogP contribution in [0.3, 0.4) is 0 Å². The maximum atomic E-state index is 12.2. The van der Waals surface area contributed by atoms with E-state index >= 15 is 0 Å². The van der Waals surface area contributed by atoms with Gasteiger partial charge in [-0.3, -0.25) is 4.79 Å². The molecule has 3 aromatic heterocycles. The van der Waals surface area contributed by atoms with Crippen LogP contribution in [0.15, 0.2) is 70.8 Å². The number of fused-ring (bicyclic) bond motifs is 6. The molecule has 3 heterocycles. The molecular weight excluding hydrogens is 871 g/mol. The molecule has 0 unspecified atom stereocenters. The predicted octanol–water partition coefficient (Wildman–Crippen LogP) is 11.4. The summed E-state index contributed by atoms with van der Waals surface area (Å²) in [7, 11) is 0. The number of ketones is 1. The fourth-order valence-electron chi connectivity index (χ4n) is 6.47. The molecule has 0 aliphatic heterocycles. The van der Waals surface area contributed by atoms with Crippen LogP contribution in [0.5, 0.6) is 0 Å². The van der Waals surface area contributed by atoms with E-state index in [9.17, 15) is 9.90 Å². The van der Waals surface area contributed by atoms with Crippen LogP contribution in [0.1, 0.15) is 78.7 Å². The predicted molar refractivity (Wildman–Crippen MR) is 212 cm³/mol. The molecule has 271 valence electrons. The Labute approximate surface area is 319 Å². The SMILES string of the molecule is CCC(C)(CC)C(=O)/C=C(\O)C(C)(CC)CC.Cc1ccc2c(n1)oc1c(-c3nc(C)nc4c3ccc3ccc[c]([Ge]([CH3])([CH3])[CH3])c34)[c-]ccc12.[Ir]. The molecule has 1 N–H and O–H groups in total. The topological polar surface area (TPSA) is 89.1 Å². The zero-order valence-electron chi connectivity index (χ0n) is 32.0. The van der Waals surface area contributed by atoms with E-state index in [-0.39, 0.29) is 42.5 Å². The number of allylic oxidation sites excluding steroid dienone is 2. The van der Waals surface area contributed by atoms with Gasteiger partial charge in [-0.1, -0.05) is 41.5 Å². The summed E-state index contributed by atoms with van der Waals surface area (Å²) in [6.07, 6.45) is 4.75. The summed E-state index contributed by atoms with van der Waals surface area (Å²) in [5.41, 5.74) is 4.48. The second-order valence-electron chi connectivity index (χ2n) is 15.2. The standard InChI is InChI=1S/C28H24GeN3O.C15H28O2.Ir/c1-16-12-14-20-19-9-7-10-22(27(19)33-28(20)30-16)25-21-15-13-18-8-6-11-23(29(3,4)5)24(18)26(21)32-17(2)31-25;1-7-14(5,8-2)12(16)11-13(17)15(6,9-3)10-4;/h6-9,11-15H,1-5H3;11,16H,7-10H2,1-6H3;/q-1;;/b;12-11-;. The molecule has 0 spiro atoms. The van der Waals surface area contributed by atoms with Crippen LogP contribution >= 0.6 is 0 Å². The van der Waals surface area contributed by atoms with Gasteiger partial charge in [0.05, 0.1) is 0 Å². The molecule has 1 radical (unpaired) electrons. The first-order valence-electron chi connectivity index (χ1n) is 18.0. The zero-order valence-corrected chi connectivity index (χ0v) is 36.5. The van der Waals surface area contributed by atoms with E-state index in [2.05, 4.69) is 64.7 Å². The molecule has 0 aliphatic rings. The van der Waals surface area contributed by atoms with E-state index in [1.807, 2.05) is 73.6 Å². The number of aliphatic hydroxyl groups excluding tert-OH is 1. The fourth-order valence-corrected chi connectivity index (χ4v) is 9.84. The van der Waals surface area contributed by atoms with Crippen molar-refractivity contribution in [1.29, 1.82) is 0 Å². The zero-order chi connectivity index (χ0) is 36.6. The number of aryl methyl sites for hydroxylation is 2. The number of rotatable bonds is 9. The Balaban J connectivity index is 0.000000279. The van der Waals surface area contributed by atoms with Crippen molar-refractivity contribution < 1.29 is 34.4 Å². The molecule has 0 saturated heterocycles. The molecule has 0 amide bonds. The first kappa shape index (κ1) is 40.4. The largest absolute Gasteiger partial charge is 0 e. The second-order valence-corrected chi connectivity index (χ2v) is 25.7. The van der Waals surface area contributed by atoms with Gasteiger partial charge in [-0.05, 0) is 25.7 Å². The molecule has 0 fully saturated rings. The third kappa shape index (κ3) is 7.86. The summed E-state index contributed by atoms with van der Waals surface area (Å²) in [5, 5.41) is 15.7. The van der Waals surface area contributed by atoms with E-state index in [0.717, 1.165) is 75.7 Å². The number of benzene rings is 3. The molecule has 6 aromatic rings. The van der Waals surface area contributed by atoms with E-state index in [4.69, 9.17) is 14.4 Å². The number of aliphatic hydroxyl groups is 1. The van der Waals surface area contributed by atoms with Crippen LogP contribution in [0, 0.1) is 30.7 Å². The average molecular weight is 924 g/mol. The third-order valence-electron chi connectivity index (χ3n) is 10.9. The van der Waals surface area contributed by atoms with Crippen molar-refractivity contribution in [3.63, 3.8) is 0 Å². The minimum atomic E-state index is -2.15. The number of carbonyl (C=O) groups excluding carboxylic acids is 1. The molecule has 0 atom stereocenters. The van der Waals surface area contributed by atoms with E-state index in [1.54, 1.807) is 0 Å². The Morgan fingerprint density at radius 3 is 2.12 bits per heavy atom. The fraction of sp³-hybridized carbons (Fsp3) is 0.395. The molecule has 6 nitrogen and oxygen atoms in total. The second kappa shape index (κ2) is 15.7. The van der Waals surface area contributed by atoms with Gasteiger partial charge in [0, 0.05) is 37.0 Å². The van der Waals surface area contributed by atoms with Gasteiger partial charge in [0.2, 0.25) is 0 Å². The Kier molecular flexibility index (Phi) is 12.4. The van der Waals surface area contributed by atoms with Gasteiger partial charge < -0.3 is 5.11 Å². The average Bonchev–Trinajstić information content (AvgIpc) is 3.47. The van der Waals surface area contributed by atoms with Crippen molar-refractivity contribution in [3.05, 3.63) is 84.0 Å². The summed E-state index contributed by atoms with van der Waals surface area (Å²) in [6.45, 7) is 16.0. The van der Waals surface area contributed by atoms with Crippen LogP contribution in [0.2, 0.25) is 17.3 Å². The smallest absolute Gasteiger partial charge is 0 e. The first-order chi connectivity index (χ1) is 23.6. The maximum Gasteiger partial charge on any atom is 0 e. The van der Waals surface area contributed by atoms with Crippen LogP contribution in [0.4, 0.5) is 0 Å². The summed E-state index contributed by atoms with van der Waals surface area (Å²) in [4.78, 5) is 26.6. The van der Waals surface area contributed by atoms with Gasteiger partial charge in [0.15, 0.2) is 5.78 Å². The van der Waals surface area contributed by atoms with Gasteiger partial charge in [0.25, 0.3) is 0 Å². The Morgan fingerprint density at radius 2 is 1.49 bits per heavy atom. The van der Waals surface area contributed by atoms with Crippen molar-refractivity contribution in [2.75, 3.05) is 0 Å². The molecule has 0 aliphatic carbocycles. The van der Waals surface area contributed by atoms with Gasteiger partial charge in [-0.2, -0.15) is 0 Å². The van der Waals surface area contributed by atoms with Crippen LogP contribution < -0.4 is 4.40 Å². The molecule has 8 heteroatoms. The summed E-state index contributed by atoms with van der Waals surface area (Å²) >= 11 is -2.15. The minimum Gasteiger partial charge on any atom is 0 e.